The van der Waals surface area contributed by atoms with Crippen molar-refractivity contribution in [1.82, 2.24) is 10.2 Å². The van der Waals surface area contributed by atoms with Crippen LogP contribution in [0.2, 0.25) is 0 Å². The first kappa shape index (κ1) is 12.9. The number of ether oxygens (including phenoxy) is 1. The molecule has 104 valence electrons. The van der Waals surface area contributed by atoms with E-state index in [0.717, 1.165) is 13.1 Å². The van der Waals surface area contributed by atoms with Gasteiger partial charge in [0.2, 0.25) is 0 Å². The Labute approximate surface area is 111 Å². The number of hydrogen-bond donors (Lipinski definition) is 1. The third kappa shape index (κ3) is 2.45. The first-order chi connectivity index (χ1) is 8.60. The van der Waals surface area contributed by atoms with Gasteiger partial charge in [0.1, 0.15) is 0 Å². The summed E-state index contributed by atoms with van der Waals surface area (Å²) in [6.07, 6.45) is 8.52. The van der Waals surface area contributed by atoms with Crippen molar-refractivity contribution >= 4 is 0 Å². The molecule has 1 spiro atoms. The standard InChI is InChI=1S/C15H28N2O/c1-14(2)8-5-13(18-14)11-17-10-9-16-12-15(17)6-3-4-7-15/h13,16H,3-12H2,1-2H3. The number of hydrogen-bond acceptors (Lipinski definition) is 3. The van der Waals surface area contributed by atoms with Gasteiger partial charge in [-0.05, 0) is 39.5 Å². The van der Waals surface area contributed by atoms with Gasteiger partial charge in [-0.15, -0.1) is 0 Å². The number of rotatable bonds is 2. The van der Waals surface area contributed by atoms with Gasteiger partial charge in [-0.1, -0.05) is 12.8 Å². The molecule has 0 bridgehead atoms. The van der Waals surface area contributed by atoms with Crippen molar-refractivity contribution in [3.63, 3.8) is 0 Å². The Morgan fingerprint density at radius 1 is 1.22 bits per heavy atom. The highest BCUT2D eigenvalue weighted by molar-refractivity contribution is 5.00. The van der Waals surface area contributed by atoms with Crippen LogP contribution in [-0.4, -0.2) is 48.3 Å². The second-order valence-corrected chi connectivity index (χ2v) is 7.09. The van der Waals surface area contributed by atoms with E-state index in [9.17, 15) is 0 Å². The number of nitrogens with one attached hydrogen (secondary N) is 1. The highest BCUT2D eigenvalue weighted by Gasteiger charge is 2.43. The molecule has 0 amide bonds. The molecular weight excluding hydrogens is 224 g/mol. The molecule has 0 aromatic rings. The zero-order chi connectivity index (χ0) is 12.6. The fourth-order valence-electron chi connectivity index (χ4n) is 4.15. The summed E-state index contributed by atoms with van der Waals surface area (Å²) in [5.41, 5.74) is 0.579. The van der Waals surface area contributed by atoms with E-state index in [0.29, 0.717) is 11.6 Å². The summed E-state index contributed by atoms with van der Waals surface area (Å²) < 4.78 is 6.19. The maximum absolute atomic E-state index is 6.19. The van der Waals surface area contributed by atoms with Gasteiger partial charge in [0, 0.05) is 31.7 Å². The molecule has 3 nitrogen and oxygen atoms in total. The second-order valence-electron chi connectivity index (χ2n) is 7.09. The summed E-state index contributed by atoms with van der Waals surface area (Å²) in [6, 6.07) is 0. The highest BCUT2D eigenvalue weighted by atomic mass is 16.5. The normalized spacial score (nSPS) is 35.3. The van der Waals surface area contributed by atoms with Crippen LogP contribution in [0.3, 0.4) is 0 Å². The van der Waals surface area contributed by atoms with Crippen molar-refractivity contribution in [3.8, 4) is 0 Å². The molecule has 2 saturated heterocycles. The maximum Gasteiger partial charge on any atom is 0.0710 e. The third-order valence-electron chi connectivity index (χ3n) is 5.20. The van der Waals surface area contributed by atoms with Crippen LogP contribution >= 0.6 is 0 Å². The summed E-state index contributed by atoms with van der Waals surface area (Å²) in [7, 11) is 0. The molecule has 1 unspecified atom stereocenters. The van der Waals surface area contributed by atoms with Gasteiger partial charge >= 0.3 is 0 Å². The van der Waals surface area contributed by atoms with Gasteiger partial charge in [-0.2, -0.15) is 0 Å². The Kier molecular flexibility index (Phi) is 3.41. The summed E-state index contributed by atoms with van der Waals surface area (Å²) in [4.78, 5) is 2.75. The third-order valence-corrected chi connectivity index (χ3v) is 5.20. The van der Waals surface area contributed by atoms with E-state index in [2.05, 4.69) is 24.1 Å². The zero-order valence-electron chi connectivity index (χ0n) is 12.0. The Bertz CT molecular complexity index is 297. The van der Waals surface area contributed by atoms with Gasteiger partial charge < -0.3 is 10.1 Å². The lowest BCUT2D eigenvalue weighted by atomic mass is 9.92. The van der Waals surface area contributed by atoms with Crippen molar-refractivity contribution < 1.29 is 4.74 Å². The minimum absolute atomic E-state index is 0.113. The molecule has 0 radical (unpaired) electrons. The molecule has 3 heteroatoms. The fraction of sp³-hybridized carbons (Fsp3) is 1.00. The van der Waals surface area contributed by atoms with Crippen LogP contribution in [0.1, 0.15) is 52.4 Å². The fourth-order valence-corrected chi connectivity index (χ4v) is 4.15. The number of piperazine rings is 1. The van der Waals surface area contributed by atoms with Crippen LogP contribution in [-0.2, 0) is 4.74 Å². The molecule has 3 aliphatic rings. The Morgan fingerprint density at radius 3 is 2.67 bits per heavy atom. The molecule has 0 aromatic carbocycles. The van der Waals surface area contributed by atoms with Crippen molar-refractivity contribution in [1.29, 1.82) is 0 Å². The van der Waals surface area contributed by atoms with E-state index >= 15 is 0 Å². The molecule has 1 N–H and O–H groups in total. The van der Waals surface area contributed by atoms with Gasteiger partial charge in [0.15, 0.2) is 0 Å². The molecule has 3 rings (SSSR count). The molecule has 1 atom stereocenters. The van der Waals surface area contributed by atoms with E-state index < -0.39 is 0 Å². The SMILES string of the molecule is CC1(C)CCC(CN2CCNCC23CCCC3)O1. The molecule has 18 heavy (non-hydrogen) atoms. The largest absolute Gasteiger partial charge is 0.371 e. The minimum Gasteiger partial charge on any atom is -0.371 e. The first-order valence-electron chi connectivity index (χ1n) is 7.73. The summed E-state index contributed by atoms with van der Waals surface area (Å²) in [5.74, 6) is 0. The average Bonchev–Trinajstić information content (AvgIpc) is 2.90. The van der Waals surface area contributed by atoms with Crippen LogP contribution in [0.25, 0.3) is 0 Å². The van der Waals surface area contributed by atoms with Crippen molar-refractivity contribution in [3.05, 3.63) is 0 Å². The predicted molar refractivity (Wildman–Crippen MR) is 73.8 cm³/mol. The van der Waals surface area contributed by atoms with Crippen LogP contribution in [0.15, 0.2) is 0 Å². The van der Waals surface area contributed by atoms with Crippen LogP contribution in [0.5, 0.6) is 0 Å². The molecule has 0 aromatic heterocycles. The van der Waals surface area contributed by atoms with Crippen LogP contribution < -0.4 is 5.32 Å². The van der Waals surface area contributed by atoms with Gasteiger partial charge in [0.25, 0.3) is 0 Å². The first-order valence-corrected chi connectivity index (χ1v) is 7.73. The number of nitrogens with zero attached hydrogens (tertiary/aromatic N) is 1. The summed E-state index contributed by atoms with van der Waals surface area (Å²) in [5, 5.41) is 3.61. The highest BCUT2D eigenvalue weighted by Crippen LogP contribution is 2.38. The lowest BCUT2D eigenvalue weighted by molar-refractivity contribution is -0.0500. The molecule has 1 saturated carbocycles. The Morgan fingerprint density at radius 2 is 2.00 bits per heavy atom. The van der Waals surface area contributed by atoms with Gasteiger partial charge in [0.05, 0.1) is 11.7 Å². The summed E-state index contributed by atoms with van der Waals surface area (Å²) in [6.45, 7) is 9.18. The van der Waals surface area contributed by atoms with Crippen molar-refractivity contribution in [2.45, 2.75) is 69.6 Å². The Balaban J connectivity index is 1.63. The zero-order valence-corrected chi connectivity index (χ0v) is 12.0. The quantitative estimate of drug-likeness (QED) is 0.815. The van der Waals surface area contributed by atoms with E-state index in [-0.39, 0.29) is 5.60 Å². The average molecular weight is 252 g/mol. The topological polar surface area (TPSA) is 24.5 Å². The Hall–Kier alpha value is -0.120. The second kappa shape index (κ2) is 4.77. The van der Waals surface area contributed by atoms with Crippen LogP contribution in [0.4, 0.5) is 0 Å². The molecule has 2 aliphatic heterocycles. The predicted octanol–water partition coefficient (Wildman–Crippen LogP) is 2.16. The van der Waals surface area contributed by atoms with E-state index in [4.69, 9.17) is 4.74 Å². The van der Waals surface area contributed by atoms with Gasteiger partial charge in [-0.25, -0.2) is 0 Å². The summed E-state index contributed by atoms with van der Waals surface area (Å²) >= 11 is 0. The smallest absolute Gasteiger partial charge is 0.0710 e. The van der Waals surface area contributed by atoms with Crippen molar-refractivity contribution in [2.24, 2.45) is 0 Å². The van der Waals surface area contributed by atoms with Gasteiger partial charge in [-0.3, -0.25) is 4.90 Å². The lowest BCUT2D eigenvalue weighted by Crippen LogP contribution is -2.61. The maximum atomic E-state index is 6.19. The van der Waals surface area contributed by atoms with E-state index in [1.165, 1.54) is 51.6 Å². The molecule has 3 fully saturated rings. The van der Waals surface area contributed by atoms with E-state index in [1.54, 1.807) is 0 Å². The van der Waals surface area contributed by atoms with Crippen LogP contribution in [0, 0.1) is 0 Å². The molecule has 1 aliphatic carbocycles. The molecular formula is C15H28N2O. The van der Waals surface area contributed by atoms with Crippen molar-refractivity contribution in [2.75, 3.05) is 26.2 Å². The lowest BCUT2D eigenvalue weighted by Gasteiger charge is -2.46. The monoisotopic (exact) mass is 252 g/mol. The van der Waals surface area contributed by atoms with E-state index in [1.807, 2.05) is 0 Å². The minimum atomic E-state index is 0.113. The molecule has 2 heterocycles.